The zero-order chi connectivity index (χ0) is 17.4. The third-order valence-corrected chi connectivity index (χ3v) is 4.38. The Hall–Kier alpha value is -2.73. The molecule has 0 aliphatic heterocycles. The average Bonchev–Trinajstić information content (AvgIpc) is 2.54. The van der Waals surface area contributed by atoms with E-state index in [-0.39, 0.29) is 22.9 Å². The Morgan fingerprint density at radius 1 is 1.25 bits per heavy atom. The highest BCUT2D eigenvalue weighted by Crippen LogP contribution is 2.25. The number of nitrogens with zero attached hydrogens (tertiary/aromatic N) is 3. The van der Waals surface area contributed by atoms with Crippen molar-refractivity contribution in [3.05, 3.63) is 78.8 Å². The molecule has 3 aromatic rings. The Morgan fingerprint density at radius 2 is 2.00 bits per heavy atom. The monoisotopic (exact) mass is 343 g/mol. The van der Waals surface area contributed by atoms with Crippen LogP contribution in [0.25, 0.3) is 10.9 Å². The third-order valence-electron chi connectivity index (χ3n) is 4.06. The molecular formula is C17H14ClN3O3. The van der Waals surface area contributed by atoms with E-state index in [0.29, 0.717) is 5.56 Å². The smallest absolute Gasteiger partial charge is 0.285 e. The number of aryl methyl sites for hydroxylation is 2. The number of halogens is 1. The number of hydrogen-bond donors (Lipinski definition) is 0. The molecule has 1 aromatic carbocycles. The van der Waals surface area contributed by atoms with Crippen LogP contribution < -0.4 is 5.56 Å². The fourth-order valence-electron chi connectivity index (χ4n) is 2.55. The summed E-state index contributed by atoms with van der Waals surface area (Å²) >= 11 is 6.27. The summed E-state index contributed by atoms with van der Waals surface area (Å²) in [4.78, 5) is 26.7. The van der Waals surface area contributed by atoms with Crippen LogP contribution in [0.4, 0.5) is 5.69 Å². The molecule has 0 aliphatic carbocycles. The largest absolute Gasteiger partial charge is 0.304 e. The summed E-state index contributed by atoms with van der Waals surface area (Å²) in [5.74, 6) is 0. The summed E-state index contributed by atoms with van der Waals surface area (Å²) in [6, 6.07) is 8.17. The van der Waals surface area contributed by atoms with Gasteiger partial charge in [0.2, 0.25) is 0 Å². The van der Waals surface area contributed by atoms with Crippen molar-refractivity contribution < 1.29 is 4.92 Å². The number of benzene rings is 1. The molecule has 7 heteroatoms. The second kappa shape index (κ2) is 6.05. The van der Waals surface area contributed by atoms with Gasteiger partial charge in [0.05, 0.1) is 23.2 Å². The van der Waals surface area contributed by atoms with Gasteiger partial charge in [-0.3, -0.25) is 14.9 Å². The van der Waals surface area contributed by atoms with Gasteiger partial charge in [0.15, 0.2) is 0 Å². The number of pyridine rings is 2. The number of rotatable bonds is 3. The molecule has 2 aromatic heterocycles. The molecule has 0 saturated carbocycles. The average molecular weight is 344 g/mol. The highest BCUT2D eigenvalue weighted by Gasteiger charge is 2.12. The fourth-order valence-corrected chi connectivity index (χ4v) is 2.75. The van der Waals surface area contributed by atoms with Gasteiger partial charge in [-0.15, -0.1) is 0 Å². The van der Waals surface area contributed by atoms with Gasteiger partial charge in [0.25, 0.3) is 11.2 Å². The van der Waals surface area contributed by atoms with Gasteiger partial charge in [-0.1, -0.05) is 23.7 Å². The first-order chi connectivity index (χ1) is 11.4. The quantitative estimate of drug-likeness (QED) is 0.413. The van der Waals surface area contributed by atoms with Crippen molar-refractivity contribution in [2.75, 3.05) is 0 Å². The summed E-state index contributed by atoms with van der Waals surface area (Å²) in [7, 11) is 0. The van der Waals surface area contributed by atoms with Gasteiger partial charge >= 0.3 is 0 Å². The zero-order valence-electron chi connectivity index (χ0n) is 13.1. The Bertz CT molecular complexity index is 1030. The molecule has 0 fully saturated rings. The second-order valence-corrected chi connectivity index (χ2v) is 5.99. The van der Waals surface area contributed by atoms with E-state index in [0.717, 1.165) is 22.0 Å². The normalized spacial score (nSPS) is 11.0. The summed E-state index contributed by atoms with van der Waals surface area (Å²) < 4.78 is 1.26. The van der Waals surface area contributed by atoms with Crippen molar-refractivity contribution in [3.63, 3.8) is 0 Å². The maximum absolute atomic E-state index is 11.9. The van der Waals surface area contributed by atoms with Crippen LogP contribution in [0.3, 0.4) is 0 Å². The van der Waals surface area contributed by atoms with E-state index in [1.807, 2.05) is 32.0 Å². The minimum Gasteiger partial charge on any atom is -0.304 e. The zero-order valence-corrected chi connectivity index (χ0v) is 13.9. The van der Waals surface area contributed by atoms with Gasteiger partial charge < -0.3 is 4.57 Å². The van der Waals surface area contributed by atoms with Gasteiger partial charge in [-0.2, -0.15) is 0 Å². The predicted octanol–water partition coefficient (Wildman–Crippen LogP) is 3.62. The second-order valence-electron chi connectivity index (χ2n) is 5.63. The lowest BCUT2D eigenvalue weighted by Crippen LogP contribution is -2.19. The maximum atomic E-state index is 11.9. The van der Waals surface area contributed by atoms with Gasteiger partial charge in [0.1, 0.15) is 5.15 Å². The topological polar surface area (TPSA) is 78.0 Å². The van der Waals surface area contributed by atoms with E-state index in [1.54, 1.807) is 0 Å². The van der Waals surface area contributed by atoms with E-state index in [2.05, 4.69) is 4.98 Å². The Kier molecular flexibility index (Phi) is 4.07. The molecule has 0 radical (unpaired) electrons. The van der Waals surface area contributed by atoms with E-state index >= 15 is 0 Å². The fraction of sp³-hybridized carbons (Fsp3) is 0.176. The first kappa shape index (κ1) is 16.1. The molecule has 6 nitrogen and oxygen atoms in total. The highest BCUT2D eigenvalue weighted by molar-refractivity contribution is 6.30. The molecule has 3 rings (SSSR count). The van der Waals surface area contributed by atoms with Crippen molar-refractivity contribution in [1.82, 2.24) is 9.55 Å². The molecule has 0 unspecified atom stereocenters. The van der Waals surface area contributed by atoms with E-state index in [1.165, 1.54) is 22.9 Å². The molecule has 122 valence electrons. The third kappa shape index (κ3) is 2.88. The van der Waals surface area contributed by atoms with Crippen LogP contribution in [0.15, 0.2) is 41.3 Å². The lowest BCUT2D eigenvalue weighted by Gasteiger charge is -2.11. The maximum Gasteiger partial charge on any atom is 0.285 e. The first-order valence-corrected chi connectivity index (χ1v) is 7.65. The summed E-state index contributed by atoms with van der Waals surface area (Å²) in [5, 5.41) is 12.1. The number of fused-ring (bicyclic) bond motifs is 1. The molecule has 0 atom stereocenters. The number of aromatic nitrogens is 2. The van der Waals surface area contributed by atoms with Crippen molar-refractivity contribution in [3.8, 4) is 0 Å². The number of hydrogen-bond acceptors (Lipinski definition) is 4. The van der Waals surface area contributed by atoms with Gasteiger partial charge in [-0.05, 0) is 31.0 Å². The summed E-state index contributed by atoms with van der Waals surface area (Å²) in [6.45, 7) is 4.10. The highest BCUT2D eigenvalue weighted by atomic mass is 35.5. The SMILES string of the molecule is Cc1ccc2cc(Cn3cc([N+](=O)[O-])ccc3=O)c(Cl)nc2c1C. The molecule has 0 spiro atoms. The standard InChI is InChI=1S/C17H14ClN3O3/c1-10-3-4-12-7-13(17(18)19-16(12)11(10)2)8-20-9-14(21(23)24)5-6-15(20)22/h3-7,9H,8H2,1-2H3. The van der Waals surface area contributed by atoms with Crippen LogP contribution in [0.1, 0.15) is 16.7 Å². The Balaban J connectivity index is 2.09. The van der Waals surface area contributed by atoms with E-state index in [9.17, 15) is 14.9 Å². The summed E-state index contributed by atoms with van der Waals surface area (Å²) in [5.41, 5.74) is 3.13. The van der Waals surface area contributed by atoms with Gasteiger partial charge in [0, 0.05) is 23.1 Å². The van der Waals surface area contributed by atoms with Crippen molar-refractivity contribution in [2.45, 2.75) is 20.4 Å². The molecule has 24 heavy (non-hydrogen) atoms. The van der Waals surface area contributed by atoms with Crippen LogP contribution in [-0.2, 0) is 6.54 Å². The molecule has 0 bridgehead atoms. The molecule has 2 heterocycles. The van der Waals surface area contributed by atoms with Crippen molar-refractivity contribution >= 4 is 28.2 Å². The lowest BCUT2D eigenvalue weighted by atomic mass is 10.0. The molecular weight excluding hydrogens is 330 g/mol. The first-order valence-electron chi connectivity index (χ1n) is 7.27. The van der Waals surface area contributed by atoms with Gasteiger partial charge in [-0.25, -0.2) is 4.98 Å². The van der Waals surface area contributed by atoms with Crippen LogP contribution in [-0.4, -0.2) is 14.5 Å². The molecule has 0 amide bonds. The Labute approximate surface area is 142 Å². The summed E-state index contributed by atoms with van der Waals surface area (Å²) in [6.07, 6.45) is 1.21. The molecule has 0 saturated heterocycles. The predicted molar refractivity (Wildman–Crippen MR) is 92.7 cm³/mol. The van der Waals surface area contributed by atoms with E-state index < -0.39 is 4.92 Å². The minimum absolute atomic E-state index is 0.120. The van der Waals surface area contributed by atoms with Crippen molar-refractivity contribution in [1.29, 1.82) is 0 Å². The van der Waals surface area contributed by atoms with E-state index in [4.69, 9.17) is 11.6 Å². The minimum atomic E-state index is -0.539. The molecule has 0 N–H and O–H groups in total. The van der Waals surface area contributed by atoms with Crippen LogP contribution >= 0.6 is 11.6 Å². The van der Waals surface area contributed by atoms with Crippen LogP contribution in [0.5, 0.6) is 0 Å². The molecule has 0 aliphatic rings. The van der Waals surface area contributed by atoms with Crippen LogP contribution in [0.2, 0.25) is 5.15 Å². The lowest BCUT2D eigenvalue weighted by molar-refractivity contribution is -0.385. The van der Waals surface area contributed by atoms with Crippen LogP contribution in [0, 0.1) is 24.0 Å². The van der Waals surface area contributed by atoms with Crippen molar-refractivity contribution in [2.24, 2.45) is 0 Å². The number of nitro groups is 1. The Morgan fingerprint density at radius 3 is 2.71 bits per heavy atom.